The Kier molecular flexibility index (Phi) is 7.11. The summed E-state index contributed by atoms with van der Waals surface area (Å²) >= 11 is 0. The molecule has 1 aliphatic heterocycles. The SMILES string of the molecule is Cl.Cl.N[C@@H]1CCCN(C(=O)c2cccnc2)C1. The van der Waals surface area contributed by atoms with Crippen LogP contribution in [0.5, 0.6) is 0 Å². The zero-order chi connectivity index (χ0) is 10.7. The third-order valence-corrected chi connectivity index (χ3v) is 2.65. The number of hydrogen-bond donors (Lipinski definition) is 1. The summed E-state index contributed by atoms with van der Waals surface area (Å²) in [6.45, 7) is 1.47. The van der Waals surface area contributed by atoms with Crippen LogP contribution in [0, 0.1) is 0 Å². The Bertz CT molecular complexity index is 348. The lowest BCUT2D eigenvalue weighted by atomic mass is 10.1. The molecule has 0 unspecified atom stereocenters. The van der Waals surface area contributed by atoms with Gasteiger partial charge >= 0.3 is 0 Å². The third-order valence-electron chi connectivity index (χ3n) is 2.65. The van der Waals surface area contributed by atoms with Crippen LogP contribution in [0.15, 0.2) is 24.5 Å². The van der Waals surface area contributed by atoms with Gasteiger partial charge in [0.1, 0.15) is 0 Å². The summed E-state index contributed by atoms with van der Waals surface area (Å²) < 4.78 is 0. The number of aromatic nitrogens is 1. The molecule has 1 fully saturated rings. The summed E-state index contributed by atoms with van der Waals surface area (Å²) in [5.41, 5.74) is 6.48. The van der Waals surface area contributed by atoms with Gasteiger partial charge in [-0.2, -0.15) is 0 Å². The van der Waals surface area contributed by atoms with Gasteiger partial charge in [-0.05, 0) is 25.0 Å². The topological polar surface area (TPSA) is 59.2 Å². The minimum absolute atomic E-state index is 0. The van der Waals surface area contributed by atoms with E-state index in [1.807, 2.05) is 4.90 Å². The van der Waals surface area contributed by atoms with Crippen LogP contribution in [0.1, 0.15) is 23.2 Å². The maximum Gasteiger partial charge on any atom is 0.255 e. The number of carbonyl (C=O) groups is 1. The number of halogens is 2. The van der Waals surface area contributed by atoms with E-state index in [0.717, 1.165) is 19.4 Å². The molecule has 6 heteroatoms. The summed E-state index contributed by atoms with van der Waals surface area (Å²) in [5.74, 6) is 0.0400. The molecule has 1 amide bonds. The fourth-order valence-corrected chi connectivity index (χ4v) is 1.87. The van der Waals surface area contributed by atoms with Crippen molar-refractivity contribution in [3.05, 3.63) is 30.1 Å². The Morgan fingerprint density at radius 1 is 1.47 bits per heavy atom. The van der Waals surface area contributed by atoms with E-state index in [0.29, 0.717) is 12.1 Å². The van der Waals surface area contributed by atoms with E-state index in [1.165, 1.54) is 0 Å². The number of likely N-dealkylation sites (tertiary alicyclic amines) is 1. The quantitative estimate of drug-likeness (QED) is 0.846. The van der Waals surface area contributed by atoms with E-state index >= 15 is 0 Å². The molecule has 2 N–H and O–H groups in total. The first-order valence-corrected chi connectivity index (χ1v) is 5.22. The highest BCUT2D eigenvalue weighted by Gasteiger charge is 2.21. The lowest BCUT2D eigenvalue weighted by Crippen LogP contribution is -2.45. The normalized spacial score (nSPS) is 18.9. The molecule has 4 nitrogen and oxygen atoms in total. The molecular formula is C11H17Cl2N3O. The number of nitrogens with zero attached hydrogens (tertiary/aromatic N) is 2. The van der Waals surface area contributed by atoms with Gasteiger partial charge in [0.25, 0.3) is 5.91 Å². The Morgan fingerprint density at radius 2 is 2.24 bits per heavy atom. The molecule has 0 radical (unpaired) electrons. The monoisotopic (exact) mass is 277 g/mol. The number of hydrogen-bond acceptors (Lipinski definition) is 3. The molecule has 96 valence electrons. The molecular weight excluding hydrogens is 261 g/mol. The molecule has 2 rings (SSSR count). The smallest absolute Gasteiger partial charge is 0.255 e. The van der Waals surface area contributed by atoms with Gasteiger partial charge in [0.2, 0.25) is 0 Å². The Hall–Kier alpha value is -0.840. The highest BCUT2D eigenvalue weighted by molar-refractivity contribution is 5.93. The first-order valence-electron chi connectivity index (χ1n) is 5.22. The van der Waals surface area contributed by atoms with Crippen molar-refractivity contribution in [2.75, 3.05) is 13.1 Å². The van der Waals surface area contributed by atoms with Crippen molar-refractivity contribution in [2.24, 2.45) is 5.73 Å². The van der Waals surface area contributed by atoms with Crippen LogP contribution in [0.25, 0.3) is 0 Å². The van der Waals surface area contributed by atoms with Crippen molar-refractivity contribution in [2.45, 2.75) is 18.9 Å². The van der Waals surface area contributed by atoms with Gasteiger partial charge in [0.05, 0.1) is 5.56 Å². The zero-order valence-corrected chi connectivity index (χ0v) is 11.0. The van der Waals surface area contributed by atoms with Gasteiger partial charge in [0.15, 0.2) is 0 Å². The van der Waals surface area contributed by atoms with Gasteiger partial charge in [-0.1, -0.05) is 0 Å². The van der Waals surface area contributed by atoms with Crippen LogP contribution in [0.3, 0.4) is 0 Å². The summed E-state index contributed by atoms with van der Waals surface area (Å²) in [4.78, 5) is 17.7. The second-order valence-corrected chi connectivity index (χ2v) is 3.90. The van der Waals surface area contributed by atoms with Gasteiger partial charge in [-0.3, -0.25) is 9.78 Å². The van der Waals surface area contributed by atoms with Crippen LogP contribution in [-0.2, 0) is 0 Å². The summed E-state index contributed by atoms with van der Waals surface area (Å²) in [7, 11) is 0. The predicted molar refractivity (Wildman–Crippen MR) is 71.8 cm³/mol. The molecule has 1 atom stereocenters. The van der Waals surface area contributed by atoms with Gasteiger partial charge in [-0.15, -0.1) is 24.8 Å². The average Bonchev–Trinajstić information content (AvgIpc) is 2.29. The maximum atomic E-state index is 12.0. The molecule has 0 saturated carbocycles. The number of carbonyl (C=O) groups excluding carboxylic acids is 1. The summed E-state index contributed by atoms with van der Waals surface area (Å²) in [6.07, 6.45) is 5.27. The maximum absolute atomic E-state index is 12.0. The Balaban J connectivity index is 0.00000128. The average molecular weight is 278 g/mol. The highest BCUT2D eigenvalue weighted by Crippen LogP contribution is 2.11. The van der Waals surface area contributed by atoms with E-state index in [9.17, 15) is 4.79 Å². The molecule has 1 aromatic heterocycles. The van der Waals surface area contributed by atoms with E-state index < -0.39 is 0 Å². The van der Waals surface area contributed by atoms with Crippen LogP contribution in [0.4, 0.5) is 0 Å². The number of nitrogens with two attached hydrogens (primary N) is 1. The molecule has 0 bridgehead atoms. The number of rotatable bonds is 1. The molecule has 1 aliphatic rings. The van der Waals surface area contributed by atoms with Gasteiger partial charge in [-0.25, -0.2) is 0 Å². The summed E-state index contributed by atoms with van der Waals surface area (Å²) in [5, 5.41) is 0. The fourth-order valence-electron chi connectivity index (χ4n) is 1.87. The molecule has 0 aliphatic carbocycles. The fraction of sp³-hybridized carbons (Fsp3) is 0.455. The molecule has 1 saturated heterocycles. The van der Waals surface area contributed by atoms with Crippen molar-refractivity contribution >= 4 is 30.7 Å². The predicted octanol–water partition coefficient (Wildman–Crippen LogP) is 1.49. The number of piperidine rings is 1. The second kappa shape index (κ2) is 7.48. The van der Waals surface area contributed by atoms with E-state index in [-0.39, 0.29) is 36.8 Å². The van der Waals surface area contributed by atoms with E-state index in [1.54, 1.807) is 24.5 Å². The lowest BCUT2D eigenvalue weighted by molar-refractivity contribution is 0.0708. The standard InChI is InChI=1S/C11H15N3O.2ClH/c12-10-4-2-6-14(8-10)11(15)9-3-1-5-13-7-9;;/h1,3,5,7,10H,2,4,6,8,12H2;2*1H/t10-;;/m1../s1. The second-order valence-electron chi connectivity index (χ2n) is 3.90. The minimum Gasteiger partial charge on any atom is -0.337 e. The van der Waals surface area contributed by atoms with Crippen LogP contribution in [-0.4, -0.2) is 34.9 Å². The highest BCUT2D eigenvalue weighted by atomic mass is 35.5. The lowest BCUT2D eigenvalue weighted by Gasteiger charge is -2.30. The van der Waals surface area contributed by atoms with Crippen molar-refractivity contribution in [3.8, 4) is 0 Å². The minimum atomic E-state index is 0. The van der Waals surface area contributed by atoms with Crippen LogP contribution < -0.4 is 5.73 Å². The van der Waals surface area contributed by atoms with Gasteiger partial charge < -0.3 is 10.6 Å². The molecule has 17 heavy (non-hydrogen) atoms. The first kappa shape index (κ1) is 16.2. The largest absolute Gasteiger partial charge is 0.337 e. The van der Waals surface area contributed by atoms with Crippen molar-refractivity contribution < 1.29 is 4.79 Å². The van der Waals surface area contributed by atoms with E-state index in [2.05, 4.69) is 4.98 Å². The van der Waals surface area contributed by atoms with Gasteiger partial charge in [0, 0.05) is 31.5 Å². The Labute approximate surface area is 113 Å². The Morgan fingerprint density at radius 3 is 2.82 bits per heavy atom. The number of amides is 1. The van der Waals surface area contributed by atoms with Crippen molar-refractivity contribution in [3.63, 3.8) is 0 Å². The molecule has 2 heterocycles. The van der Waals surface area contributed by atoms with Crippen LogP contribution >= 0.6 is 24.8 Å². The number of pyridine rings is 1. The zero-order valence-electron chi connectivity index (χ0n) is 9.41. The first-order chi connectivity index (χ1) is 7.27. The molecule has 1 aromatic rings. The van der Waals surface area contributed by atoms with E-state index in [4.69, 9.17) is 5.73 Å². The van der Waals surface area contributed by atoms with Crippen molar-refractivity contribution in [1.29, 1.82) is 0 Å². The van der Waals surface area contributed by atoms with Crippen LogP contribution in [0.2, 0.25) is 0 Å². The van der Waals surface area contributed by atoms with Crippen molar-refractivity contribution in [1.82, 2.24) is 9.88 Å². The molecule has 0 aromatic carbocycles. The summed E-state index contributed by atoms with van der Waals surface area (Å²) in [6, 6.07) is 3.69. The third kappa shape index (κ3) is 4.15. The molecule has 0 spiro atoms.